The van der Waals surface area contributed by atoms with Gasteiger partial charge in [0.05, 0.1) is 11.4 Å². The smallest absolute Gasteiger partial charge is 0.266 e. The minimum absolute atomic E-state index is 0. The Balaban J connectivity index is 0.00000220. The van der Waals surface area contributed by atoms with Crippen molar-refractivity contribution in [2.24, 2.45) is 5.73 Å². The standard InChI is InChI=1S/C13H20N4O2S.2ClH/c1-2-16-9-10-17(13(16)15)20(18,19)12-5-3-11(4-6-12)7-8-14;;/h3-6,15H,2,7-10,14H2,1H3;2*1H. The number of hydrogen-bond donors (Lipinski definition) is 2. The van der Waals surface area contributed by atoms with E-state index in [1.165, 1.54) is 0 Å². The molecule has 1 aromatic carbocycles. The van der Waals surface area contributed by atoms with Gasteiger partial charge in [0.1, 0.15) is 0 Å². The highest BCUT2D eigenvalue weighted by atomic mass is 35.5. The topological polar surface area (TPSA) is 90.5 Å². The number of hydrogen-bond acceptors (Lipinski definition) is 4. The van der Waals surface area contributed by atoms with Crippen LogP contribution in [0, 0.1) is 5.41 Å². The highest BCUT2D eigenvalue weighted by molar-refractivity contribution is 7.89. The second-order valence-electron chi connectivity index (χ2n) is 4.66. The van der Waals surface area contributed by atoms with Gasteiger partial charge in [0.25, 0.3) is 10.0 Å². The first-order chi connectivity index (χ1) is 9.50. The summed E-state index contributed by atoms with van der Waals surface area (Å²) in [5.41, 5.74) is 6.48. The van der Waals surface area contributed by atoms with Crippen molar-refractivity contribution in [1.82, 2.24) is 9.21 Å². The zero-order valence-corrected chi connectivity index (χ0v) is 14.8. The third kappa shape index (κ3) is 4.04. The fourth-order valence-corrected chi connectivity index (χ4v) is 3.64. The summed E-state index contributed by atoms with van der Waals surface area (Å²) in [4.78, 5) is 1.96. The van der Waals surface area contributed by atoms with E-state index in [1.54, 1.807) is 29.2 Å². The summed E-state index contributed by atoms with van der Waals surface area (Å²) < 4.78 is 26.2. The summed E-state index contributed by atoms with van der Waals surface area (Å²) in [6.45, 7) is 3.99. The van der Waals surface area contributed by atoms with Crippen LogP contribution in [-0.2, 0) is 16.4 Å². The number of rotatable bonds is 5. The molecule has 0 spiro atoms. The first-order valence-corrected chi connectivity index (χ1v) is 8.10. The second kappa shape index (κ2) is 8.57. The average molecular weight is 369 g/mol. The van der Waals surface area contributed by atoms with Crippen LogP contribution in [0.2, 0.25) is 0 Å². The molecule has 1 aliphatic heterocycles. The Labute approximate surface area is 144 Å². The molecule has 0 radical (unpaired) electrons. The number of halogens is 2. The zero-order valence-electron chi connectivity index (χ0n) is 12.4. The summed E-state index contributed by atoms with van der Waals surface area (Å²) in [5.74, 6) is 0.0542. The van der Waals surface area contributed by atoms with Gasteiger partial charge in [-0.15, -0.1) is 24.8 Å². The molecule has 1 saturated heterocycles. The van der Waals surface area contributed by atoms with Crippen LogP contribution in [-0.4, -0.2) is 49.8 Å². The summed E-state index contributed by atoms with van der Waals surface area (Å²) >= 11 is 0. The maximum Gasteiger partial charge on any atom is 0.266 e. The molecule has 126 valence electrons. The molecule has 0 amide bonds. The number of nitrogens with zero attached hydrogens (tertiary/aromatic N) is 2. The number of guanidine groups is 1. The van der Waals surface area contributed by atoms with Gasteiger partial charge >= 0.3 is 0 Å². The van der Waals surface area contributed by atoms with Crippen LogP contribution in [0.3, 0.4) is 0 Å². The molecule has 0 aliphatic carbocycles. The van der Waals surface area contributed by atoms with Crippen LogP contribution in [0.5, 0.6) is 0 Å². The highest BCUT2D eigenvalue weighted by Gasteiger charge is 2.34. The van der Waals surface area contributed by atoms with Crippen molar-refractivity contribution in [2.75, 3.05) is 26.2 Å². The first-order valence-electron chi connectivity index (χ1n) is 6.66. The molecule has 1 heterocycles. The number of nitrogens with two attached hydrogens (primary N) is 1. The molecule has 0 unspecified atom stereocenters. The van der Waals surface area contributed by atoms with Gasteiger partial charge in [-0.05, 0) is 37.6 Å². The van der Waals surface area contributed by atoms with E-state index in [0.29, 0.717) is 26.2 Å². The summed E-state index contributed by atoms with van der Waals surface area (Å²) in [5, 5.41) is 7.93. The Kier molecular flexibility index (Phi) is 8.17. The summed E-state index contributed by atoms with van der Waals surface area (Å²) in [6.07, 6.45) is 0.726. The largest absolute Gasteiger partial charge is 0.341 e. The second-order valence-corrected chi connectivity index (χ2v) is 6.53. The SMILES string of the molecule is CCN1CCN(S(=O)(=O)c2ccc(CCN)cc2)C1=N.Cl.Cl. The fourth-order valence-electron chi connectivity index (χ4n) is 2.24. The number of benzene rings is 1. The van der Waals surface area contributed by atoms with E-state index in [9.17, 15) is 8.42 Å². The van der Waals surface area contributed by atoms with E-state index in [-0.39, 0.29) is 35.7 Å². The van der Waals surface area contributed by atoms with Gasteiger partial charge in [-0.1, -0.05) is 12.1 Å². The van der Waals surface area contributed by atoms with Gasteiger partial charge in [-0.3, -0.25) is 5.41 Å². The van der Waals surface area contributed by atoms with E-state index in [1.807, 2.05) is 6.92 Å². The molecule has 1 aromatic rings. The molecule has 1 aliphatic rings. The molecule has 3 N–H and O–H groups in total. The molecule has 0 saturated carbocycles. The van der Waals surface area contributed by atoms with Crippen LogP contribution < -0.4 is 5.73 Å². The van der Waals surface area contributed by atoms with Crippen molar-refractivity contribution in [1.29, 1.82) is 5.41 Å². The number of sulfonamides is 1. The molecular weight excluding hydrogens is 347 g/mol. The Hall–Kier alpha value is -1.02. The van der Waals surface area contributed by atoms with Crippen molar-refractivity contribution in [3.63, 3.8) is 0 Å². The van der Waals surface area contributed by atoms with Gasteiger partial charge in [0.2, 0.25) is 5.96 Å². The van der Waals surface area contributed by atoms with Crippen molar-refractivity contribution in [3.05, 3.63) is 29.8 Å². The van der Waals surface area contributed by atoms with Crippen molar-refractivity contribution < 1.29 is 8.42 Å². The van der Waals surface area contributed by atoms with Crippen LogP contribution in [0.1, 0.15) is 12.5 Å². The predicted molar refractivity (Wildman–Crippen MR) is 92.6 cm³/mol. The van der Waals surface area contributed by atoms with Gasteiger partial charge in [0.15, 0.2) is 0 Å². The predicted octanol–water partition coefficient (Wildman–Crippen LogP) is 1.29. The monoisotopic (exact) mass is 368 g/mol. The molecule has 2 rings (SSSR count). The number of likely N-dealkylation sites (N-methyl/N-ethyl adjacent to an activating group) is 1. The van der Waals surface area contributed by atoms with Crippen molar-refractivity contribution in [2.45, 2.75) is 18.2 Å². The maximum atomic E-state index is 12.5. The van der Waals surface area contributed by atoms with E-state index >= 15 is 0 Å². The quantitative estimate of drug-likeness (QED) is 0.819. The Bertz CT molecular complexity index is 593. The zero-order chi connectivity index (χ0) is 14.8. The lowest BCUT2D eigenvalue weighted by Gasteiger charge is -2.20. The lowest BCUT2D eigenvalue weighted by atomic mass is 10.2. The Morgan fingerprint density at radius 2 is 1.77 bits per heavy atom. The van der Waals surface area contributed by atoms with Gasteiger partial charge < -0.3 is 10.6 Å². The lowest BCUT2D eigenvalue weighted by Crippen LogP contribution is -2.36. The summed E-state index contributed by atoms with van der Waals surface area (Å²) in [6, 6.07) is 6.72. The lowest BCUT2D eigenvalue weighted by molar-refractivity contribution is 0.486. The van der Waals surface area contributed by atoms with E-state index in [0.717, 1.165) is 16.3 Å². The third-order valence-corrected chi connectivity index (χ3v) is 5.24. The molecule has 1 fully saturated rings. The highest BCUT2D eigenvalue weighted by Crippen LogP contribution is 2.20. The first kappa shape index (κ1) is 21.0. The van der Waals surface area contributed by atoms with Gasteiger partial charge in [-0.2, -0.15) is 0 Å². The minimum Gasteiger partial charge on any atom is -0.341 e. The fraction of sp³-hybridized carbons (Fsp3) is 0.462. The molecule has 0 bridgehead atoms. The molecule has 22 heavy (non-hydrogen) atoms. The average Bonchev–Trinajstić information content (AvgIpc) is 2.81. The van der Waals surface area contributed by atoms with Crippen molar-refractivity contribution in [3.8, 4) is 0 Å². The van der Waals surface area contributed by atoms with Crippen LogP contribution in [0.15, 0.2) is 29.2 Å². The van der Waals surface area contributed by atoms with E-state index in [2.05, 4.69) is 0 Å². The van der Waals surface area contributed by atoms with Gasteiger partial charge in [0, 0.05) is 13.1 Å². The number of nitrogens with one attached hydrogen (secondary N) is 1. The molecular formula is C13H22Cl2N4O2S. The minimum atomic E-state index is -3.63. The van der Waals surface area contributed by atoms with Crippen molar-refractivity contribution >= 4 is 40.8 Å². The van der Waals surface area contributed by atoms with Crippen LogP contribution in [0.25, 0.3) is 0 Å². The van der Waals surface area contributed by atoms with Gasteiger partial charge in [-0.25, -0.2) is 12.7 Å². The third-order valence-electron chi connectivity index (χ3n) is 3.43. The molecule has 0 atom stereocenters. The normalized spacial score (nSPS) is 14.5. The molecule has 0 aromatic heterocycles. The Morgan fingerprint density at radius 1 is 1.18 bits per heavy atom. The van der Waals surface area contributed by atoms with Crippen LogP contribution >= 0.6 is 24.8 Å². The maximum absolute atomic E-state index is 12.5. The molecule has 6 nitrogen and oxygen atoms in total. The Morgan fingerprint density at radius 3 is 2.23 bits per heavy atom. The van der Waals surface area contributed by atoms with E-state index < -0.39 is 10.0 Å². The van der Waals surface area contributed by atoms with E-state index in [4.69, 9.17) is 11.1 Å². The van der Waals surface area contributed by atoms with Crippen LogP contribution in [0.4, 0.5) is 0 Å². The molecule has 9 heteroatoms. The summed E-state index contributed by atoms with van der Waals surface area (Å²) in [7, 11) is -3.63.